The van der Waals surface area contributed by atoms with E-state index in [0.717, 1.165) is 54.1 Å². The maximum atomic E-state index is 9.92. The molecule has 0 unspecified atom stereocenters. The highest BCUT2D eigenvalue weighted by Gasteiger charge is 2.11. The number of carbonyl (C=O) groups excluding carboxylic acids is 1. The molecule has 0 radical (unpaired) electrons. The van der Waals surface area contributed by atoms with Crippen LogP contribution < -0.4 is 5.32 Å². The lowest BCUT2D eigenvalue weighted by atomic mass is 10.1. The van der Waals surface area contributed by atoms with Crippen molar-refractivity contribution < 1.29 is 9.53 Å². The molecule has 1 amide bonds. The normalized spacial score (nSPS) is 15.5. The summed E-state index contributed by atoms with van der Waals surface area (Å²) in [5, 5.41) is 11.5. The molecule has 0 bridgehead atoms. The molecule has 2 aromatic rings. The van der Waals surface area contributed by atoms with E-state index in [9.17, 15) is 4.79 Å². The predicted octanol–water partition coefficient (Wildman–Crippen LogP) is 2.44. The van der Waals surface area contributed by atoms with E-state index in [1.54, 1.807) is 0 Å². The third-order valence-electron chi connectivity index (χ3n) is 3.23. The van der Waals surface area contributed by atoms with Crippen molar-refractivity contribution in [3.8, 4) is 0 Å². The second-order valence-corrected chi connectivity index (χ2v) is 5.12. The predicted molar refractivity (Wildman–Crippen MR) is 78.9 cm³/mol. The van der Waals surface area contributed by atoms with Gasteiger partial charge in [-0.05, 0) is 38.0 Å². The molecule has 0 saturated carbocycles. The van der Waals surface area contributed by atoms with E-state index in [1.165, 1.54) is 0 Å². The van der Waals surface area contributed by atoms with Crippen molar-refractivity contribution in [3.05, 3.63) is 28.9 Å². The topological polar surface area (TPSA) is 67.0 Å². The Kier molecular flexibility index (Phi) is 5.38. The molecule has 5 nitrogen and oxygen atoms in total. The maximum Gasteiger partial charge on any atom is 0.207 e. The largest absolute Gasteiger partial charge is 0.381 e. The maximum absolute atomic E-state index is 9.92. The highest BCUT2D eigenvalue weighted by atomic mass is 35.5. The van der Waals surface area contributed by atoms with Crippen LogP contribution in [0.15, 0.2) is 18.2 Å². The van der Waals surface area contributed by atoms with Crippen molar-refractivity contribution in [1.29, 1.82) is 0 Å². The SMILES string of the molecule is Cc1[nH]nc2ccc(Cl)cc12.O=CNC1CCOCC1. The van der Waals surface area contributed by atoms with Crippen LogP contribution in [-0.4, -0.2) is 35.9 Å². The van der Waals surface area contributed by atoms with E-state index < -0.39 is 0 Å². The van der Waals surface area contributed by atoms with Crippen LogP contribution in [0.3, 0.4) is 0 Å². The molecule has 0 aliphatic carbocycles. The number of hydrogen-bond donors (Lipinski definition) is 2. The average molecular weight is 296 g/mol. The van der Waals surface area contributed by atoms with Gasteiger partial charge in [0.05, 0.1) is 5.52 Å². The lowest BCUT2D eigenvalue weighted by Gasteiger charge is -2.20. The number of H-pyrrole nitrogens is 1. The van der Waals surface area contributed by atoms with Crippen LogP contribution in [0.25, 0.3) is 10.9 Å². The molecular formula is C14H18ClN3O2. The molecule has 2 N–H and O–H groups in total. The number of amides is 1. The Morgan fingerprint density at radius 2 is 2.20 bits per heavy atom. The van der Waals surface area contributed by atoms with Crippen LogP contribution in [0.1, 0.15) is 18.5 Å². The molecule has 6 heteroatoms. The second-order valence-electron chi connectivity index (χ2n) is 4.68. The molecule has 1 fully saturated rings. The molecule has 0 spiro atoms. The highest BCUT2D eigenvalue weighted by Crippen LogP contribution is 2.19. The summed E-state index contributed by atoms with van der Waals surface area (Å²) in [6, 6.07) is 6.01. The van der Waals surface area contributed by atoms with Gasteiger partial charge in [-0.15, -0.1) is 0 Å². The summed E-state index contributed by atoms with van der Waals surface area (Å²) in [4.78, 5) is 9.92. The lowest BCUT2D eigenvalue weighted by Crippen LogP contribution is -2.33. The Labute approximate surface area is 122 Å². The van der Waals surface area contributed by atoms with E-state index in [0.29, 0.717) is 6.04 Å². The standard InChI is InChI=1S/C8H7ClN2.C6H11NO2/c1-5-7-4-6(9)2-3-8(7)11-10-5;8-5-7-6-1-3-9-4-2-6/h2-4H,1H3,(H,10,11);5-6H,1-4H2,(H,7,8). The zero-order valence-corrected chi connectivity index (χ0v) is 12.1. The summed E-state index contributed by atoms with van der Waals surface area (Å²) < 4.78 is 5.09. The second kappa shape index (κ2) is 7.26. The number of fused-ring (bicyclic) bond motifs is 1. The average Bonchev–Trinajstić information content (AvgIpc) is 2.82. The number of carbonyl (C=O) groups is 1. The minimum absolute atomic E-state index is 0.358. The van der Waals surface area contributed by atoms with Crippen LogP contribution >= 0.6 is 11.6 Å². The minimum atomic E-state index is 0.358. The van der Waals surface area contributed by atoms with Gasteiger partial charge in [-0.2, -0.15) is 5.10 Å². The van der Waals surface area contributed by atoms with Gasteiger partial charge in [0.15, 0.2) is 0 Å². The molecule has 3 rings (SSSR count). The van der Waals surface area contributed by atoms with Gasteiger partial charge in [-0.1, -0.05) is 11.6 Å². The summed E-state index contributed by atoms with van der Waals surface area (Å²) in [5.74, 6) is 0. The van der Waals surface area contributed by atoms with E-state index in [2.05, 4.69) is 15.5 Å². The van der Waals surface area contributed by atoms with Gasteiger partial charge in [0.2, 0.25) is 6.41 Å². The van der Waals surface area contributed by atoms with Crippen molar-refractivity contribution in [1.82, 2.24) is 15.5 Å². The molecule has 1 aromatic carbocycles. The van der Waals surface area contributed by atoms with E-state index in [-0.39, 0.29) is 0 Å². The molecule has 2 heterocycles. The van der Waals surface area contributed by atoms with Gasteiger partial charge >= 0.3 is 0 Å². The third kappa shape index (κ3) is 3.95. The molecule has 1 aliphatic rings. The van der Waals surface area contributed by atoms with Crippen LogP contribution in [0, 0.1) is 6.92 Å². The number of rotatable bonds is 2. The van der Waals surface area contributed by atoms with Gasteiger partial charge in [-0.3, -0.25) is 9.89 Å². The highest BCUT2D eigenvalue weighted by molar-refractivity contribution is 6.31. The summed E-state index contributed by atoms with van der Waals surface area (Å²) in [6.45, 7) is 3.54. The van der Waals surface area contributed by atoms with Crippen molar-refractivity contribution in [3.63, 3.8) is 0 Å². The van der Waals surface area contributed by atoms with E-state index in [1.807, 2.05) is 25.1 Å². The lowest BCUT2D eigenvalue weighted by molar-refractivity contribution is -0.110. The van der Waals surface area contributed by atoms with Crippen molar-refractivity contribution in [2.24, 2.45) is 0 Å². The number of aromatic amines is 1. The molecule has 1 aromatic heterocycles. The fourth-order valence-electron chi connectivity index (χ4n) is 2.07. The molecule has 1 aliphatic heterocycles. The number of hydrogen-bond acceptors (Lipinski definition) is 3. The smallest absolute Gasteiger partial charge is 0.207 e. The monoisotopic (exact) mass is 295 g/mol. The van der Waals surface area contributed by atoms with Gasteiger partial charge in [0, 0.05) is 35.4 Å². The molecular weight excluding hydrogens is 278 g/mol. The number of halogens is 1. The number of nitrogens with zero attached hydrogens (tertiary/aromatic N) is 1. The van der Waals surface area contributed by atoms with Crippen LogP contribution in [-0.2, 0) is 9.53 Å². The first-order valence-corrected chi connectivity index (χ1v) is 6.96. The Bertz CT molecular complexity index is 565. The Balaban J connectivity index is 0.000000151. The van der Waals surface area contributed by atoms with Gasteiger partial charge in [0.1, 0.15) is 0 Å². The zero-order chi connectivity index (χ0) is 14.4. The van der Waals surface area contributed by atoms with E-state index in [4.69, 9.17) is 16.3 Å². The molecule has 0 atom stereocenters. The van der Waals surface area contributed by atoms with Crippen molar-refractivity contribution >= 4 is 28.9 Å². The fraction of sp³-hybridized carbons (Fsp3) is 0.429. The van der Waals surface area contributed by atoms with Gasteiger partial charge in [0.25, 0.3) is 0 Å². The van der Waals surface area contributed by atoms with Crippen molar-refractivity contribution in [2.45, 2.75) is 25.8 Å². The fourth-order valence-corrected chi connectivity index (χ4v) is 2.24. The zero-order valence-electron chi connectivity index (χ0n) is 11.4. The Morgan fingerprint density at radius 3 is 2.90 bits per heavy atom. The number of aromatic nitrogens is 2. The minimum Gasteiger partial charge on any atom is -0.381 e. The molecule has 20 heavy (non-hydrogen) atoms. The first-order valence-electron chi connectivity index (χ1n) is 6.58. The first-order chi connectivity index (χ1) is 9.70. The number of aryl methyl sites for hydroxylation is 1. The third-order valence-corrected chi connectivity index (χ3v) is 3.47. The Morgan fingerprint density at radius 1 is 1.45 bits per heavy atom. The van der Waals surface area contributed by atoms with Crippen molar-refractivity contribution in [2.75, 3.05) is 13.2 Å². The van der Waals surface area contributed by atoms with Crippen LogP contribution in [0.5, 0.6) is 0 Å². The summed E-state index contributed by atoms with van der Waals surface area (Å²) in [6.07, 6.45) is 2.67. The van der Waals surface area contributed by atoms with Gasteiger partial charge in [-0.25, -0.2) is 0 Å². The quantitative estimate of drug-likeness (QED) is 0.836. The van der Waals surface area contributed by atoms with Gasteiger partial charge < -0.3 is 10.1 Å². The number of nitrogens with one attached hydrogen (secondary N) is 2. The number of benzene rings is 1. The molecule has 108 valence electrons. The Hall–Kier alpha value is -1.59. The van der Waals surface area contributed by atoms with Crippen LogP contribution in [0.2, 0.25) is 5.02 Å². The first kappa shape index (κ1) is 14.8. The van der Waals surface area contributed by atoms with Crippen LogP contribution in [0.4, 0.5) is 0 Å². The molecule has 1 saturated heterocycles. The summed E-state index contributed by atoms with van der Waals surface area (Å²) in [7, 11) is 0. The summed E-state index contributed by atoms with van der Waals surface area (Å²) in [5.41, 5.74) is 2.02. The number of ether oxygens (including phenoxy) is 1. The van der Waals surface area contributed by atoms with E-state index >= 15 is 0 Å². The summed E-state index contributed by atoms with van der Waals surface area (Å²) >= 11 is 5.81.